The summed E-state index contributed by atoms with van der Waals surface area (Å²) in [6, 6.07) is -1.16. The summed E-state index contributed by atoms with van der Waals surface area (Å²) in [7, 11) is 0. The number of hydrogen-bond acceptors (Lipinski definition) is 2. The van der Waals surface area contributed by atoms with Crippen LogP contribution in [0.5, 0.6) is 0 Å². The van der Waals surface area contributed by atoms with Gasteiger partial charge in [0.1, 0.15) is 6.04 Å². The predicted molar refractivity (Wildman–Crippen MR) is 63.4 cm³/mol. The smallest absolute Gasteiger partial charge is 0.326 e. The molecule has 1 atom stereocenters. The second kappa shape index (κ2) is 6.79. The molecule has 0 aliphatic heterocycles. The maximum atomic E-state index is 11.4. The zero-order chi connectivity index (χ0) is 12.7. The van der Waals surface area contributed by atoms with E-state index < -0.39 is 18.0 Å². The van der Waals surface area contributed by atoms with Gasteiger partial charge < -0.3 is 15.7 Å². The number of unbranched alkanes of at least 4 members (excludes halogenated alkanes) is 2. The van der Waals surface area contributed by atoms with Crippen LogP contribution in [0.2, 0.25) is 0 Å². The number of terminal acetylenes is 1. The van der Waals surface area contributed by atoms with Crippen molar-refractivity contribution in [3.63, 3.8) is 0 Å². The summed E-state index contributed by atoms with van der Waals surface area (Å²) in [4.78, 5) is 22.3. The molecule has 0 aromatic carbocycles. The van der Waals surface area contributed by atoms with E-state index >= 15 is 0 Å². The molecule has 0 radical (unpaired) electrons. The van der Waals surface area contributed by atoms with E-state index in [1.54, 1.807) is 0 Å². The molecule has 1 aliphatic rings. The summed E-state index contributed by atoms with van der Waals surface area (Å²) in [5.74, 6) is 1.65. The Kier molecular flexibility index (Phi) is 5.34. The van der Waals surface area contributed by atoms with Gasteiger partial charge in [-0.2, -0.15) is 0 Å². The second-order valence-electron chi connectivity index (χ2n) is 4.21. The standard InChI is InChI=1S/C12H18N2O3/c1-2-3-4-5-8-13-12(17)14-10(11(15)16)9-6-7-9/h1,9-10H,3-8H2,(H,15,16)(H2,13,14,17). The summed E-state index contributed by atoms with van der Waals surface area (Å²) >= 11 is 0. The van der Waals surface area contributed by atoms with Crippen molar-refractivity contribution in [3.8, 4) is 12.3 Å². The Morgan fingerprint density at radius 3 is 2.65 bits per heavy atom. The molecule has 1 aliphatic carbocycles. The lowest BCUT2D eigenvalue weighted by Gasteiger charge is -2.14. The van der Waals surface area contributed by atoms with Gasteiger partial charge in [0.05, 0.1) is 0 Å². The highest BCUT2D eigenvalue weighted by Crippen LogP contribution is 2.32. The summed E-state index contributed by atoms with van der Waals surface area (Å²) < 4.78 is 0. The summed E-state index contributed by atoms with van der Waals surface area (Å²) in [6.45, 7) is 0.518. The quantitative estimate of drug-likeness (QED) is 0.456. The molecule has 3 N–H and O–H groups in total. The highest BCUT2D eigenvalue weighted by molar-refractivity contribution is 5.83. The molecule has 0 saturated heterocycles. The van der Waals surface area contributed by atoms with Crippen molar-refractivity contribution >= 4 is 12.0 Å². The number of rotatable bonds is 7. The Hall–Kier alpha value is -1.70. The van der Waals surface area contributed by atoms with Gasteiger partial charge in [-0.1, -0.05) is 0 Å². The average Bonchev–Trinajstić information content (AvgIpc) is 3.09. The molecular formula is C12H18N2O3. The van der Waals surface area contributed by atoms with Crippen LogP contribution < -0.4 is 10.6 Å². The van der Waals surface area contributed by atoms with Crippen LogP contribution in [0.25, 0.3) is 0 Å². The Morgan fingerprint density at radius 1 is 1.41 bits per heavy atom. The van der Waals surface area contributed by atoms with Crippen molar-refractivity contribution in [2.45, 2.75) is 38.1 Å². The molecule has 1 saturated carbocycles. The predicted octanol–water partition coefficient (Wildman–Crippen LogP) is 0.952. The molecule has 5 nitrogen and oxygen atoms in total. The number of carbonyl (C=O) groups is 2. The topological polar surface area (TPSA) is 78.4 Å². The van der Waals surface area contributed by atoms with Crippen molar-refractivity contribution in [3.05, 3.63) is 0 Å². The fraction of sp³-hybridized carbons (Fsp3) is 0.667. The van der Waals surface area contributed by atoms with Crippen LogP contribution in [0.15, 0.2) is 0 Å². The maximum Gasteiger partial charge on any atom is 0.326 e. The van der Waals surface area contributed by atoms with Crippen LogP contribution >= 0.6 is 0 Å². The summed E-state index contributed by atoms with van der Waals surface area (Å²) in [6.07, 6.45) is 9.21. The number of carboxylic acid groups (broad SMARTS) is 1. The van der Waals surface area contributed by atoms with Crippen molar-refractivity contribution in [2.24, 2.45) is 5.92 Å². The number of nitrogens with one attached hydrogen (secondary N) is 2. The number of carboxylic acids is 1. The van der Waals surface area contributed by atoms with Crippen molar-refractivity contribution in [1.29, 1.82) is 0 Å². The first-order chi connectivity index (χ1) is 8.15. The van der Waals surface area contributed by atoms with Gasteiger partial charge in [0.25, 0.3) is 0 Å². The van der Waals surface area contributed by atoms with Crippen LogP contribution in [-0.4, -0.2) is 29.7 Å². The van der Waals surface area contributed by atoms with Gasteiger partial charge in [0, 0.05) is 13.0 Å². The van der Waals surface area contributed by atoms with Gasteiger partial charge in [-0.15, -0.1) is 12.3 Å². The molecule has 94 valence electrons. The minimum atomic E-state index is -0.963. The Labute approximate surface area is 101 Å². The van der Waals surface area contributed by atoms with Gasteiger partial charge >= 0.3 is 12.0 Å². The van der Waals surface area contributed by atoms with E-state index in [-0.39, 0.29) is 5.92 Å². The summed E-state index contributed by atoms with van der Waals surface area (Å²) in [5, 5.41) is 14.0. The minimum Gasteiger partial charge on any atom is -0.480 e. The van der Waals surface area contributed by atoms with Crippen molar-refractivity contribution in [2.75, 3.05) is 6.54 Å². The zero-order valence-corrected chi connectivity index (χ0v) is 9.74. The molecule has 1 fully saturated rings. The van der Waals surface area contributed by atoms with Gasteiger partial charge in [0.15, 0.2) is 0 Å². The van der Waals surface area contributed by atoms with E-state index in [9.17, 15) is 9.59 Å². The zero-order valence-electron chi connectivity index (χ0n) is 9.74. The molecule has 0 heterocycles. The SMILES string of the molecule is C#CCCCCNC(=O)NC(C(=O)O)C1CC1. The van der Waals surface area contributed by atoms with E-state index in [0.29, 0.717) is 13.0 Å². The fourth-order valence-electron chi connectivity index (χ4n) is 1.56. The maximum absolute atomic E-state index is 11.4. The Balaban J connectivity index is 2.15. The first-order valence-electron chi connectivity index (χ1n) is 5.85. The molecule has 1 rings (SSSR count). The van der Waals surface area contributed by atoms with E-state index in [2.05, 4.69) is 16.6 Å². The van der Waals surface area contributed by atoms with E-state index in [4.69, 9.17) is 11.5 Å². The second-order valence-corrected chi connectivity index (χ2v) is 4.21. The van der Waals surface area contributed by atoms with Gasteiger partial charge in [-0.25, -0.2) is 9.59 Å². The lowest BCUT2D eigenvalue weighted by atomic mass is 10.2. The van der Waals surface area contributed by atoms with Crippen LogP contribution in [0.1, 0.15) is 32.1 Å². The van der Waals surface area contributed by atoms with Crippen molar-refractivity contribution < 1.29 is 14.7 Å². The highest BCUT2D eigenvalue weighted by atomic mass is 16.4. The van der Waals surface area contributed by atoms with E-state index in [1.807, 2.05) is 0 Å². The monoisotopic (exact) mass is 238 g/mol. The highest BCUT2D eigenvalue weighted by Gasteiger charge is 2.37. The van der Waals surface area contributed by atoms with E-state index in [1.165, 1.54) is 0 Å². The third-order valence-corrected chi connectivity index (χ3v) is 2.68. The molecular weight excluding hydrogens is 220 g/mol. The molecule has 1 unspecified atom stereocenters. The molecule has 5 heteroatoms. The average molecular weight is 238 g/mol. The minimum absolute atomic E-state index is 0.0969. The Bertz CT molecular complexity index is 318. The number of urea groups is 1. The van der Waals surface area contributed by atoms with Crippen molar-refractivity contribution in [1.82, 2.24) is 10.6 Å². The molecule has 0 bridgehead atoms. The number of aliphatic carboxylic acids is 1. The lowest BCUT2D eigenvalue weighted by molar-refractivity contribution is -0.139. The molecule has 0 aromatic heterocycles. The molecule has 0 spiro atoms. The fourth-order valence-corrected chi connectivity index (χ4v) is 1.56. The third kappa shape index (κ3) is 5.25. The van der Waals surface area contributed by atoms with Gasteiger partial charge in [-0.3, -0.25) is 0 Å². The van der Waals surface area contributed by atoms with Crippen LogP contribution in [0.4, 0.5) is 4.79 Å². The first-order valence-corrected chi connectivity index (χ1v) is 5.85. The first kappa shape index (κ1) is 13.4. The van der Waals surface area contributed by atoms with Gasteiger partial charge in [-0.05, 0) is 31.6 Å². The number of hydrogen-bond donors (Lipinski definition) is 3. The number of amides is 2. The van der Waals surface area contributed by atoms with Crippen LogP contribution in [0.3, 0.4) is 0 Å². The Morgan fingerprint density at radius 2 is 2.12 bits per heavy atom. The number of carbonyl (C=O) groups excluding carboxylic acids is 1. The largest absolute Gasteiger partial charge is 0.480 e. The van der Waals surface area contributed by atoms with Crippen LogP contribution in [-0.2, 0) is 4.79 Å². The van der Waals surface area contributed by atoms with E-state index in [0.717, 1.165) is 25.7 Å². The lowest BCUT2D eigenvalue weighted by Crippen LogP contribution is -2.47. The molecule has 2 amide bonds. The molecule has 0 aromatic rings. The van der Waals surface area contributed by atoms with Crippen LogP contribution in [0, 0.1) is 18.3 Å². The normalized spacial score (nSPS) is 15.7. The third-order valence-electron chi connectivity index (χ3n) is 2.68. The summed E-state index contributed by atoms with van der Waals surface area (Å²) in [5.41, 5.74) is 0. The van der Waals surface area contributed by atoms with Gasteiger partial charge in [0.2, 0.25) is 0 Å². The molecule has 17 heavy (non-hydrogen) atoms.